The fourth-order valence-corrected chi connectivity index (χ4v) is 4.60. The lowest BCUT2D eigenvalue weighted by Crippen LogP contribution is -2.48. The maximum absolute atomic E-state index is 13.4. The van der Waals surface area contributed by atoms with Crippen LogP contribution in [0.1, 0.15) is 29.9 Å². The monoisotopic (exact) mass is 472 g/mol. The minimum Gasteiger partial charge on any atom is -0.494 e. The van der Waals surface area contributed by atoms with Crippen LogP contribution in [0.3, 0.4) is 0 Å². The molecule has 1 aromatic heterocycles. The van der Waals surface area contributed by atoms with Crippen molar-refractivity contribution >= 4 is 5.69 Å². The van der Waals surface area contributed by atoms with Gasteiger partial charge in [0.15, 0.2) is 5.82 Å². The Labute approximate surface area is 204 Å². The first-order valence-corrected chi connectivity index (χ1v) is 12.0. The Morgan fingerprint density at radius 1 is 0.886 bits per heavy atom. The summed E-state index contributed by atoms with van der Waals surface area (Å²) in [6, 6.07) is 25.1. The van der Waals surface area contributed by atoms with E-state index in [1.807, 2.05) is 29.8 Å². The maximum Gasteiger partial charge on any atom is 0.173 e. The molecule has 5 rings (SSSR count). The number of benzene rings is 3. The number of anilines is 1. The summed E-state index contributed by atoms with van der Waals surface area (Å²) in [6.07, 6.45) is 0. The fraction of sp³-hybridized carbons (Fsp3) is 0.296. The first-order valence-electron chi connectivity index (χ1n) is 12.0. The van der Waals surface area contributed by atoms with Gasteiger partial charge in [0.2, 0.25) is 0 Å². The van der Waals surface area contributed by atoms with Crippen molar-refractivity contribution in [3.05, 3.63) is 102 Å². The number of piperazine rings is 1. The van der Waals surface area contributed by atoms with E-state index in [0.717, 1.165) is 48.9 Å². The van der Waals surface area contributed by atoms with Crippen molar-refractivity contribution in [2.75, 3.05) is 37.7 Å². The van der Waals surface area contributed by atoms with Crippen LogP contribution < -0.4 is 9.64 Å². The minimum absolute atomic E-state index is 0.112. The van der Waals surface area contributed by atoms with E-state index in [1.54, 1.807) is 12.1 Å². The first-order chi connectivity index (χ1) is 17.2. The van der Waals surface area contributed by atoms with Gasteiger partial charge >= 0.3 is 0 Å². The second kappa shape index (κ2) is 10.7. The van der Waals surface area contributed by atoms with E-state index < -0.39 is 0 Å². The molecule has 0 N–H and O–H groups in total. The summed E-state index contributed by atoms with van der Waals surface area (Å²) in [5.74, 6) is 1.36. The van der Waals surface area contributed by atoms with Gasteiger partial charge in [0.1, 0.15) is 11.6 Å². The topological polar surface area (TPSA) is 59.3 Å². The van der Waals surface area contributed by atoms with Gasteiger partial charge in [-0.3, -0.25) is 4.90 Å². The molecule has 2 heterocycles. The fourth-order valence-electron chi connectivity index (χ4n) is 4.60. The van der Waals surface area contributed by atoms with Crippen molar-refractivity contribution in [3.63, 3.8) is 0 Å². The lowest BCUT2D eigenvalue weighted by molar-refractivity contribution is 0.201. The number of para-hydroxylation sites is 1. The zero-order valence-electron chi connectivity index (χ0n) is 19.8. The molecule has 1 saturated heterocycles. The Kier molecular flexibility index (Phi) is 6.99. The van der Waals surface area contributed by atoms with Gasteiger partial charge < -0.3 is 9.64 Å². The largest absolute Gasteiger partial charge is 0.494 e. The summed E-state index contributed by atoms with van der Waals surface area (Å²) in [4.78, 5) is 4.84. The molecule has 7 nitrogen and oxygen atoms in total. The number of aromatic nitrogens is 4. The molecule has 0 radical (unpaired) electrons. The second-order valence-electron chi connectivity index (χ2n) is 8.58. The molecular formula is C27H29FN6O. The Balaban J connectivity index is 1.42. The lowest BCUT2D eigenvalue weighted by Gasteiger charge is -2.40. The molecular weight excluding hydrogens is 443 g/mol. The van der Waals surface area contributed by atoms with Crippen LogP contribution in [-0.2, 0) is 6.54 Å². The highest BCUT2D eigenvalue weighted by molar-refractivity contribution is 5.46. The Bertz CT molecular complexity index is 1200. The third-order valence-electron chi connectivity index (χ3n) is 6.36. The van der Waals surface area contributed by atoms with E-state index in [-0.39, 0.29) is 11.9 Å². The molecule has 4 aromatic rings. The summed E-state index contributed by atoms with van der Waals surface area (Å²) in [7, 11) is 0. The molecule has 8 heteroatoms. The highest BCUT2D eigenvalue weighted by atomic mass is 19.1. The predicted octanol–water partition coefficient (Wildman–Crippen LogP) is 4.17. The van der Waals surface area contributed by atoms with Crippen LogP contribution >= 0.6 is 0 Å². The van der Waals surface area contributed by atoms with Crippen LogP contribution in [0.4, 0.5) is 10.1 Å². The number of tetrazole rings is 1. The van der Waals surface area contributed by atoms with Crippen LogP contribution in [0.25, 0.3) is 0 Å². The van der Waals surface area contributed by atoms with E-state index in [4.69, 9.17) is 4.74 Å². The van der Waals surface area contributed by atoms with Gasteiger partial charge in [-0.2, -0.15) is 0 Å². The Hall–Kier alpha value is -3.78. The zero-order chi connectivity index (χ0) is 24.0. The standard InChI is InChI=1S/C27H29FN6O/c1-2-35-25-14-10-22(11-15-25)26(33-18-16-32(17-19-33)24-6-4-3-5-7-24)27-29-30-31-34(27)20-21-8-12-23(28)13-9-21/h3-15,26H,2,16-20H2,1H3/t26-/m0/s1. The average Bonchev–Trinajstić information content (AvgIpc) is 3.35. The van der Waals surface area contributed by atoms with E-state index in [0.29, 0.717) is 13.2 Å². The third-order valence-corrected chi connectivity index (χ3v) is 6.36. The molecule has 1 atom stereocenters. The van der Waals surface area contributed by atoms with Crippen LogP contribution in [0.15, 0.2) is 78.9 Å². The van der Waals surface area contributed by atoms with Gasteiger partial charge in [-0.15, -0.1) is 5.10 Å². The molecule has 3 aromatic carbocycles. The highest BCUT2D eigenvalue weighted by Gasteiger charge is 2.30. The summed E-state index contributed by atoms with van der Waals surface area (Å²) in [5, 5.41) is 12.8. The van der Waals surface area contributed by atoms with E-state index >= 15 is 0 Å². The Morgan fingerprint density at radius 2 is 1.60 bits per heavy atom. The third kappa shape index (κ3) is 5.33. The van der Waals surface area contributed by atoms with Gasteiger partial charge in [-0.1, -0.05) is 42.5 Å². The Morgan fingerprint density at radius 3 is 2.29 bits per heavy atom. The average molecular weight is 473 g/mol. The molecule has 1 fully saturated rings. The number of ether oxygens (including phenoxy) is 1. The molecule has 0 saturated carbocycles. The minimum atomic E-state index is -0.255. The predicted molar refractivity (Wildman–Crippen MR) is 133 cm³/mol. The molecule has 180 valence electrons. The van der Waals surface area contributed by atoms with Crippen molar-refractivity contribution in [2.45, 2.75) is 19.5 Å². The van der Waals surface area contributed by atoms with E-state index in [9.17, 15) is 4.39 Å². The summed E-state index contributed by atoms with van der Waals surface area (Å²) < 4.78 is 20.9. The van der Waals surface area contributed by atoms with Crippen molar-refractivity contribution in [2.24, 2.45) is 0 Å². The van der Waals surface area contributed by atoms with Gasteiger partial charge in [0, 0.05) is 31.9 Å². The van der Waals surface area contributed by atoms with E-state index in [1.165, 1.54) is 17.8 Å². The second-order valence-corrected chi connectivity index (χ2v) is 8.58. The first kappa shape index (κ1) is 23.0. The normalized spacial score (nSPS) is 15.2. The van der Waals surface area contributed by atoms with Gasteiger partial charge in [0.25, 0.3) is 0 Å². The van der Waals surface area contributed by atoms with Crippen molar-refractivity contribution in [1.82, 2.24) is 25.1 Å². The smallest absolute Gasteiger partial charge is 0.173 e. The van der Waals surface area contributed by atoms with Gasteiger partial charge in [-0.25, -0.2) is 9.07 Å². The molecule has 0 amide bonds. The summed E-state index contributed by atoms with van der Waals surface area (Å²) in [5.41, 5.74) is 3.29. The van der Waals surface area contributed by atoms with Gasteiger partial charge in [-0.05, 0) is 64.9 Å². The molecule has 0 aliphatic carbocycles. The SMILES string of the molecule is CCOc1ccc([C@@H](c2nnnn2Cc2ccc(F)cc2)N2CCN(c3ccccc3)CC2)cc1. The molecule has 1 aliphatic heterocycles. The highest BCUT2D eigenvalue weighted by Crippen LogP contribution is 2.30. The van der Waals surface area contributed by atoms with Crippen LogP contribution in [0, 0.1) is 5.82 Å². The van der Waals surface area contributed by atoms with Crippen molar-refractivity contribution in [1.29, 1.82) is 0 Å². The maximum atomic E-state index is 13.4. The van der Waals surface area contributed by atoms with Crippen molar-refractivity contribution in [3.8, 4) is 5.75 Å². The molecule has 0 bridgehead atoms. The van der Waals surface area contributed by atoms with Crippen molar-refractivity contribution < 1.29 is 9.13 Å². The molecule has 0 spiro atoms. The number of hydrogen-bond donors (Lipinski definition) is 0. The number of halogens is 1. The van der Waals surface area contributed by atoms with Crippen LogP contribution in [-0.4, -0.2) is 57.9 Å². The number of rotatable bonds is 8. The van der Waals surface area contributed by atoms with E-state index in [2.05, 4.69) is 61.7 Å². The molecule has 0 unspecified atom stereocenters. The lowest BCUT2D eigenvalue weighted by atomic mass is 10.0. The van der Waals surface area contributed by atoms with Crippen LogP contribution in [0.2, 0.25) is 0 Å². The molecule has 1 aliphatic rings. The summed E-state index contributed by atoms with van der Waals surface area (Å²) in [6.45, 7) is 6.65. The quantitative estimate of drug-likeness (QED) is 0.384. The number of nitrogens with zero attached hydrogens (tertiary/aromatic N) is 6. The van der Waals surface area contributed by atoms with Gasteiger partial charge in [0.05, 0.1) is 19.2 Å². The number of hydrogen-bond acceptors (Lipinski definition) is 6. The molecule has 35 heavy (non-hydrogen) atoms. The van der Waals surface area contributed by atoms with Crippen LogP contribution in [0.5, 0.6) is 5.75 Å². The summed E-state index contributed by atoms with van der Waals surface area (Å²) >= 11 is 0. The zero-order valence-corrected chi connectivity index (χ0v) is 19.8.